The smallest absolute Gasteiger partial charge is 0.140 e. The first-order chi connectivity index (χ1) is 27.4. The van der Waals surface area contributed by atoms with Crippen LogP contribution in [0.5, 0.6) is 0 Å². The van der Waals surface area contributed by atoms with E-state index in [0.29, 0.717) is 30.6 Å². The van der Waals surface area contributed by atoms with Crippen molar-refractivity contribution in [3.05, 3.63) is 101 Å². The minimum absolute atomic E-state index is 0.125. The zero-order valence-electron chi connectivity index (χ0n) is 34.9. The van der Waals surface area contributed by atoms with Crippen molar-refractivity contribution in [2.45, 2.75) is 105 Å². The summed E-state index contributed by atoms with van der Waals surface area (Å²) in [7, 11) is 0. The Morgan fingerprint density at radius 1 is 0.684 bits per heavy atom. The van der Waals surface area contributed by atoms with E-state index in [9.17, 15) is 9.59 Å². The number of carbonyl (C=O) groups is 2. The standard InChI is InChI=1S/C24H30N4O.C23H32N4O/c1-16-10-12-28(13-11-16)24-19(5-4-17(2)27-24)7-9-23(29)18(3)20-6-8-21-22(14-20)26-15-25-21;1-15-10-12-27(13-11-15)23-18(5-4-16(2)26-23)7-9-22(28)17(3)19-6-8-20(24)21(25)14-19/h4-6,8,14-16,18H,7,9-13H2,1-3H3,(H,25,26);4-6,8,14-15,17H,7,9-13,24-25H2,1-3H3. The molecule has 3 aromatic heterocycles. The van der Waals surface area contributed by atoms with E-state index in [0.717, 1.165) is 95.2 Å². The average molecular weight is 771 g/mol. The van der Waals surface area contributed by atoms with Crippen molar-refractivity contribution in [3.63, 3.8) is 0 Å². The summed E-state index contributed by atoms with van der Waals surface area (Å²) in [6.07, 6.45) is 8.98. The molecule has 5 heterocycles. The Hall–Kier alpha value is -5.25. The predicted octanol–water partition coefficient (Wildman–Crippen LogP) is 8.90. The third kappa shape index (κ3) is 10.6. The first-order valence-electron chi connectivity index (χ1n) is 20.9. The van der Waals surface area contributed by atoms with Gasteiger partial charge in [-0.15, -0.1) is 0 Å². The third-order valence-corrected chi connectivity index (χ3v) is 12.2. The van der Waals surface area contributed by atoms with Crippen LogP contribution in [0.2, 0.25) is 0 Å². The lowest BCUT2D eigenvalue weighted by molar-refractivity contribution is -0.120. The van der Waals surface area contributed by atoms with Gasteiger partial charge in [0.05, 0.1) is 28.7 Å². The molecule has 0 saturated carbocycles. The molecule has 2 fully saturated rings. The third-order valence-electron chi connectivity index (χ3n) is 12.2. The molecule has 0 aliphatic carbocycles. The van der Waals surface area contributed by atoms with Crippen LogP contribution in [0.1, 0.15) is 112 Å². The van der Waals surface area contributed by atoms with Gasteiger partial charge in [-0.2, -0.15) is 0 Å². The molecule has 2 aliphatic heterocycles. The highest BCUT2D eigenvalue weighted by atomic mass is 16.1. The molecule has 7 rings (SSSR count). The van der Waals surface area contributed by atoms with Crippen LogP contribution in [0.3, 0.4) is 0 Å². The Kier molecular flexibility index (Phi) is 13.6. The highest BCUT2D eigenvalue weighted by Gasteiger charge is 2.23. The van der Waals surface area contributed by atoms with Gasteiger partial charge in [-0.25, -0.2) is 15.0 Å². The summed E-state index contributed by atoms with van der Waals surface area (Å²) >= 11 is 0. The number of rotatable bonds is 12. The molecule has 302 valence electrons. The van der Waals surface area contributed by atoms with Crippen molar-refractivity contribution in [3.8, 4) is 0 Å². The number of aryl methyl sites for hydroxylation is 4. The van der Waals surface area contributed by atoms with Crippen LogP contribution in [-0.2, 0) is 22.4 Å². The van der Waals surface area contributed by atoms with Crippen molar-refractivity contribution < 1.29 is 9.59 Å². The molecule has 5 aromatic rings. The zero-order valence-corrected chi connectivity index (χ0v) is 34.9. The molecule has 2 atom stereocenters. The molecular weight excluding hydrogens is 709 g/mol. The normalized spacial score (nSPS) is 16.2. The van der Waals surface area contributed by atoms with Crippen LogP contribution in [0.25, 0.3) is 11.0 Å². The molecule has 0 amide bonds. The summed E-state index contributed by atoms with van der Waals surface area (Å²) in [5, 5.41) is 0. The number of hydrogen-bond acceptors (Lipinski definition) is 9. The average Bonchev–Trinajstić information content (AvgIpc) is 3.69. The van der Waals surface area contributed by atoms with E-state index < -0.39 is 0 Å². The molecule has 10 heteroatoms. The molecule has 2 unspecified atom stereocenters. The molecular formula is C47H62N8O2. The highest BCUT2D eigenvalue weighted by molar-refractivity contribution is 5.87. The number of nitrogens with one attached hydrogen (secondary N) is 1. The number of imidazole rings is 1. The summed E-state index contributed by atoms with van der Waals surface area (Å²) in [6, 6.07) is 19.9. The van der Waals surface area contributed by atoms with E-state index >= 15 is 0 Å². The Labute approximate surface area is 338 Å². The Balaban J connectivity index is 0.000000193. The maximum absolute atomic E-state index is 12.9. The number of fused-ring (bicyclic) bond motifs is 1. The van der Waals surface area contributed by atoms with Gasteiger partial charge in [-0.05, 0) is 123 Å². The first kappa shape index (κ1) is 41.4. The van der Waals surface area contributed by atoms with Crippen LogP contribution >= 0.6 is 0 Å². The predicted molar refractivity (Wildman–Crippen MR) is 234 cm³/mol. The van der Waals surface area contributed by atoms with Crippen LogP contribution < -0.4 is 21.3 Å². The Morgan fingerprint density at radius 3 is 1.65 bits per heavy atom. The maximum Gasteiger partial charge on any atom is 0.140 e. The van der Waals surface area contributed by atoms with Gasteiger partial charge in [-0.1, -0.05) is 52.0 Å². The van der Waals surface area contributed by atoms with Crippen molar-refractivity contribution in [1.82, 2.24) is 19.9 Å². The molecule has 57 heavy (non-hydrogen) atoms. The molecule has 10 nitrogen and oxygen atoms in total. The van der Waals surface area contributed by atoms with Gasteiger partial charge in [0.15, 0.2) is 0 Å². The van der Waals surface area contributed by atoms with Gasteiger partial charge >= 0.3 is 0 Å². The van der Waals surface area contributed by atoms with Gasteiger partial charge in [0.1, 0.15) is 23.2 Å². The number of aromatic nitrogens is 4. The minimum atomic E-state index is -0.194. The maximum atomic E-state index is 12.9. The first-order valence-corrected chi connectivity index (χ1v) is 20.9. The van der Waals surface area contributed by atoms with Crippen molar-refractivity contribution >= 4 is 45.6 Å². The number of H-pyrrole nitrogens is 1. The topological polar surface area (TPSA) is 147 Å². The fourth-order valence-corrected chi connectivity index (χ4v) is 7.93. The van der Waals surface area contributed by atoms with Crippen LogP contribution in [-0.4, -0.2) is 57.7 Å². The molecule has 2 aliphatic rings. The van der Waals surface area contributed by atoms with Crippen LogP contribution in [0.4, 0.5) is 23.0 Å². The number of hydrogen-bond donors (Lipinski definition) is 3. The van der Waals surface area contributed by atoms with Gasteiger partial charge < -0.3 is 26.3 Å². The fraction of sp³-hybridized carbons (Fsp3) is 0.468. The molecule has 0 radical (unpaired) electrons. The summed E-state index contributed by atoms with van der Waals surface area (Å²) in [5.74, 6) is 3.86. The number of nitrogen functional groups attached to an aromatic ring is 2. The fourth-order valence-electron chi connectivity index (χ4n) is 7.93. The number of nitrogens with zero attached hydrogens (tertiary/aromatic N) is 5. The van der Waals surface area contributed by atoms with Gasteiger partial charge in [0.2, 0.25) is 0 Å². The number of benzene rings is 2. The summed E-state index contributed by atoms with van der Waals surface area (Å²) < 4.78 is 0. The van der Waals surface area contributed by atoms with E-state index in [1.54, 1.807) is 12.4 Å². The number of Topliss-reactive ketones (excluding diaryl/α,β-unsaturated/α-hetero) is 2. The second-order valence-electron chi connectivity index (χ2n) is 16.7. The molecule has 0 spiro atoms. The SMILES string of the molecule is Cc1ccc(CCC(=O)C(C)c2ccc(N)c(N)c2)c(N2CCC(C)CC2)n1.Cc1ccc(CCC(=O)C(C)c2ccc3nc[nH]c3c2)c(N2CCC(C)CC2)n1. The van der Waals surface area contributed by atoms with Crippen molar-refractivity contribution in [2.75, 3.05) is 47.4 Å². The molecule has 2 saturated heterocycles. The Morgan fingerprint density at radius 2 is 1.16 bits per heavy atom. The summed E-state index contributed by atoms with van der Waals surface area (Å²) in [5.41, 5.74) is 21.0. The van der Waals surface area contributed by atoms with E-state index in [1.165, 1.54) is 31.2 Å². The van der Waals surface area contributed by atoms with Gasteiger partial charge in [-0.3, -0.25) is 9.59 Å². The van der Waals surface area contributed by atoms with Crippen LogP contribution in [0.15, 0.2) is 67.0 Å². The van der Waals surface area contributed by atoms with Crippen LogP contribution in [0, 0.1) is 25.7 Å². The number of ketones is 2. The number of piperidine rings is 2. The zero-order chi connectivity index (χ0) is 40.6. The highest BCUT2D eigenvalue weighted by Crippen LogP contribution is 2.30. The summed E-state index contributed by atoms with van der Waals surface area (Å²) in [6.45, 7) is 16.8. The quantitative estimate of drug-likeness (QED) is 0.106. The van der Waals surface area contributed by atoms with Gasteiger partial charge in [0, 0.05) is 62.2 Å². The second-order valence-corrected chi connectivity index (χ2v) is 16.7. The van der Waals surface area contributed by atoms with E-state index in [-0.39, 0.29) is 23.4 Å². The largest absolute Gasteiger partial charge is 0.397 e. The number of anilines is 4. The van der Waals surface area contributed by atoms with Crippen molar-refractivity contribution in [2.24, 2.45) is 11.8 Å². The minimum Gasteiger partial charge on any atom is -0.397 e. The van der Waals surface area contributed by atoms with E-state index in [2.05, 4.69) is 51.8 Å². The van der Waals surface area contributed by atoms with Crippen molar-refractivity contribution in [1.29, 1.82) is 0 Å². The molecule has 5 N–H and O–H groups in total. The van der Waals surface area contributed by atoms with Gasteiger partial charge in [0.25, 0.3) is 0 Å². The summed E-state index contributed by atoms with van der Waals surface area (Å²) in [4.78, 5) is 47.5. The molecule has 2 aromatic carbocycles. The Bertz CT molecular complexity index is 2140. The lowest BCUT2D eigenvalue weighted by Crippen LogP contribution is -2.34. The lowest BCUT2D eigenvalue weighted by Gasteiger charge is -2.32. The molecule has 0 bridgehead atoms. The number of aromatic amines is 1. The van der Waals surface area contributed by atoms with E-state index in [4.69, 9.17) is 21.4 Å². The van der Waals surface area contributed by atoms with E-state index in [1.807, 2.05) is 64.1 Å². The monoisotopic (exact) mass is 770 g/mol. The number of carbonyl (C=O) groups excluding carboxylic acids is 2. The number of pyridine rings is 2. The second kappa shape index (κ2) is 18.8. The number of nitrogens with two attached hydrogens (primary N) is 2. The lowest BCUT2D eigenvalue weighted by atomic mass is 9.92.